The topological polar surface area (TPSA) is 90.7 Å². The normalized spacial score (nSPS) is 12.4. The molecule has 3 rings (SSSR count). The van der Waals surface area contributed by atoms with Crippen molar-refractivity contribution in [1.29, 1.82) is 0 Å². The second kappa shape index (κ2) is 6.52. The fraction of sp³-hybridized carbons (Fsp3) is 0.312. The van der Waals surface area contributed by atoms with Crippen molar-refractivity contribution in [3.05, 3.63) is 39.9 Å². The molecule has 0 radical (unpaired) electrons. The maximum Gasteiger partial charge on any atom is 0.354 e. The molecule has 0 fully saturated rings. The summed E-state index contributed by atoms with van der Waals surface area (Å²) in [5.41, 5.74) is 0.445. The lowest BCUT2D eigenvalue weighted by atomic mass is 10.2. The van der Waals surface area contributed by atoms with Crippen LogP contribution in [0.1, 0.15) is 45.7 Å². The van der Waals surface area contributed by atoms with Gasteiger partial charge in [0.25, 0.3) is 0 Å². The van der Waals surface area contributed by atoms with Gasteiger partial charge in [-0.05, 0) is 18.1 Å². The number of carboxylic acids is 1. The Morgan fingerprint density at radius 2 is 2.12 bits per heavy atom. The molecule has 1 aromatic heterocycles. The number of aromatic nitrogens is 2. The summed E-state index contributed by atoms with van der Waals surface area (Å²) < 4.78 is 12.1. The molecule has 0 atom stereocenters. The molecule has 1 aliphatic heterocycles. The lowest BCUT2D eigenvalue weighted by molar-refractivity contribution is 0.0682. The van der Waals surface area contributed by atoms with Crippen LogP contribution in [0.25, 0.3) is 0 Å². The van der Waals surface area contributed by atoms with Crippen molar-refractivity contribution in [1.82, 2.24) is 9.55 Å². The van der Waals surface area contributed by atoms with E-state index in [1.54, 1.807) is 12.1 Å². The van der Waals surface area contributed by atoms with Gasteiger partial charge in [0, 0.05) is 17.5 Å². The second-order valence-electron chi connectivity index (χ2n) is 5.32. The van der Waals surface area contributed by atoms with Gasteiger partial charge in [0.05, 0.1) is 6.54 Å². The van der Waals surface area contributed by atoms with Crippen LogP contribution in [0.2, 0.25) is 5.02 Å². The largest absolute Gasteiger partial charge is 0.477 e. The number of nitrogens with zero attached hydrogens (tertiary/aromatic N) is 2. The maximum atomic E-state index is 11.6. The quantitative estimate of drug-likeness (QED) is 0.805. The monoisotopic (exact) mass is 350 g/mol. The van der Waals surface area contributed by atoms with Gasteiger partial charge >= 0.3 is 5.97 Å². The molecule has 0 bridgehead atoms. The minimum absolute atomic E-state index is 0.0807. The summed E-state index contributed by atoms with van der Waals surface area (Å²) in [6.07, 6.45) is 1.78. The van der Waals surface area contributed by atoms with Crippen molar-refractivity contribution in [2.45, 2.75) is 26.3 Å². The summed E-state index contributed by atoms with van der Waals surface area (Å²) >= 11 is 6.27. The van der Waals surface area contributed by atoms with Crippen LogP contribution in [0.15, 0.2) is 12.1 Å². The Bertz CT molecular complexity index is 815. The molecule has 0 saturated carbocycles. The summed E-state index contributed by atoms with van der Waals surface area (Å²) in [5, 5.41) is 9.89. The number of aryl methyl sites for hydroxylation is 1. The van der Waals surface area contributed by atoms with Crippen LogP contribution in [0.3, 0.4) is 0 Å². The molecule has 0 aliphatic carbocycles. The number of ether oxygens (including phenoxy) is 2. The van der Waals surface area contributed by atoms with Crippen molar-refractivity contribution in [3.63, 3.8) is 0 Å². The molecule has 0 saturated heterocycles. The van der Waals surface area contributed by atoms with Crippen molar-refractivity contribution in [2.24, 2.45) is 0 Å². The first-order valence-electron chi connectivity index (χ1n) is 7.41. The number of imidazole rings is 1. The molecule has 8 heteroatoms. The Kier molecular flexibility index (Phi) is 4.44. The zero-order valence-corrected chi connectivity index (χ0v) is 13.7. The van der Waals surface area contributed by atoms with Gasteiger partial charge in [0.2, 0.25) is 6.79 Å². The van der Waals surface area contributed by atoms with E-state index in [9.17, 15) is 14.7 Å². The number of rotatable bonds is 6. The van der Waals surface area contributed by atoms with Gasteiger partial charge in [0.15, 0.2) is 23.5 Å². The fourth-order valence-electron chi connectivity index (χ4n) is 2.66. The van der Waals surface area contributed by atoms with Gasteiger partial charge in [-0.15, -0.1) is 0 Å². The third-order valence-electron chi connectivity index (χ3n) is 3.73. The Labute approximate surface area is 142 Å². The number of carboxylic acid groups (broad SMARTS) is 1. The van der Waals surface area contributed by atoms with E-state index >= 15 is 0 Å². The standard InChI is InChI=1S/C16H15ClN2O5/c1-2-3-14-18-11(7-20)15(16(21)22)19(14)6-9-4-12-13(5-10(9)17)24-8-23-12/h4-5,7H,2-3,6,8H2,1H3,(H,21,22). The molecule has 1 aliphatic rings. The second-order valence-corrected chi connectivity index (χ2v) is 5.73. The SMILES string of the molecule is CCCc1nc(C=O)c(C(=O)O)n1Cc1cc2c(cc1Cl)OCO2. The summed E-state index contributed by atoms with van der Waals surface area (Å²) in [4.78, 5) is 26.9. The van der Waals surface area contributed by atoms with Crippen molar-refractivity contribution in [2.75, 3.05) is 6.79 Å². The van der Waals surface area contributed by atoms with E-state index in [0.717, 1.165) is 6.42 Å². The molecule has 2 aromatic rings. The first-order chi connectivity index (χ1) is 11.5. The summed E-state index contributed by atoms with van der Waals surface area (Å²) in [6.45, 7) is 2.25. The summed E-state index contributed by atoms with van der Waals surface area (Å²) in [5.74, 6) is 0.434. The van der Waals surface area contributed by atoms with Crippen LogP contribution in [0.4, 0.5) is 0 Å². The lowest BCUT2D eigenvalue weighted by Gasteiger charge is -2.12. The highest BCUT2D eigenvalue weighted by Gasteiger charge is 2.24. The Morgan fingerprint density at radius 3 is 2.75 bits per heavy atom. The van der Waals surface area contributed by atoms with Crippen LogP contribution in [-0.4, -0.2) is 33.7 Å². The highest BCUT2D eigenvalue weighted by Crippen LogP contribution is 2.37. The molecule has 0 spiro atoms. The van der Waals surface area contributed by atoms with E-state index in [0.29, 0.717) is 40.6 Å². The van der Waals surface area contributed by atoms with Crippen molar-refractivity contribution in [3.8, 4) is 11.5 Å². The number of carbonyl (C=O) groups excluding carboxylic acids is 1. The van der Waals surface area contributed by atoms with E-state index in [1.807, 2.05) is 6.92 Å². The maximum absolute atomic E-state index is 11.6. The average molecular weight is 351 g/mol. The smallest absolute Gasteiger partial charge is 0.354 e. The third-order valence-corrected chi connectivity index (χ3v) is 4.08. The number of hydrogen-bond donors (Lipinski definition) is 1. The number of benzene rings is 1. The Balaban J connectivity index is 2.07. The molecule has 7 nitrogen and oxygen atoms in total. The number of halogens is 1. The van der Waals surface area contributed by atoms with E-state index in [1.165, 1.54) is 4.57 Å². The van der Waals surface area contributed by atoms with Crippen molar-refractivity contribution < 1.29 is 24.2 Å². The molecule has 1 N–H and O–H groups in total. The summed E-state index contributed by atoms with van der Waals surface area (Å²) in [7, 11) is 0. The van der Waals surface area contributed by atoms with Crippen LogP contribution >= 0.6 is 11.6 Å². The van der Waals surface area contributed by atoms with E-state index in [2.05, 4.69) is 4.98 Å². The average Bonchev–Trinajstić information content (AvgIpc) is 3.12. The highest BCUT2D eigenvalue weighted by atomic mass is 35.5. The van der Waals surface area contributed by atoms with Crippen LogP contribution in [-0.2, 0) is 13.0 Å². The van der Waals surface area contributed by atoms with Gasteiger partial charge in [-0.1, -0.05) is 18.5 Å². The van der Waals surface area contributed by atoms with Crippen LogP contribution in [0.5, 0.6) is 11.5 Å². The van der Waals surface area contributed by atoms with Gasteiger partial charge in [-0.2, -0.15) is 0 Å². The number of hydrogen-bond acceptors (Lipinski definition) is 5. The molecule has 1 aromatic carbocycles. The minimum atomic E-state index is -1.20. The Morgan fingerprint density at radius 1 is 1.42 bits per heavy atom. The molecule has 0 unspecified atom stereocenters. The first-order valence-corrected chi connectivity index (χ1v) is 7.78. The van der Waals surface area contributed by atoms with E-state index < -0.39 is 5.97 Å². The molecule has 2 heterocycles. The predicted molar refractivity (Wildman–Crippen MR) is 85.2 cm³/mol. The van der Waals surface area contributed by atoms with Crippen LogP contribution < -0.4 is 9.47 Å². The molecular formula is C16H15ClN2O5. The predicted octanol–water partition coefficient (Wildman–Crippen LogP) is 2.78. The zero-order chi connectivity index (χ0) is 17.3. The molecule has 126 valence electrons. The molecule has 24 heavy (non-hydrogen) atoms. The molecular weight excluding hydrogens is 336 g/mol. The number of aldehydes is 1. The fourth-order valence-corrected chi connectivity index (χ4v) is 2.88. The van der Waals surface area contributed by atoms with Gasteiger partial charge < -0.3 is 19.1 Å². The van der Waals surface area contributed by atoms with E-state index in [-0.39, 0.29) is 24.7 Å². The minimum Gasteiger partial charge on any atom is -0.477 e. The first kappa shape index (κ1) is 16.3. The van der Waals surface area contributed by atoms with Gasteiger partial charge in [0.1, 0.15) is 11.5 Å². The number of aromatic carboxylic acids is 1. The zero-order valence-electron chi connectivity index (χ0n) is 12.9. The lowest BCUT2D eigenvalue weighted by Crippen LogP contribution is -2.14. The van der Waals surface area contributed by atoms with E-state index in [4.69, 9.17) is 21.1 Å². The number of fused-ring (bicyclic) bond motifs is 1. The summed E-state index contributed by atoms with van der Waals surface area (Å²) in [6, 6.07) is 3.35. The van der Waals surface area contributed by atoms with Crippen LogP contribution in [0, 0.1) is 0 Å². The Hall–Kier alpha value is -2.54. The van der Waals surface area contributed by atoms with Crippen molar-refractivity contribution >= 4 is 23.9 Å². The number of carbonyl (C=O) groups is 2. The van der Waals surface area contributed by atoms with Gasteiger partial charge in [-0.25, -0.2) is 9.78 Å². The molecule has 0 amide bonds. The van der Waals surface area contributed by atoms with Gasteiger partial charge in [-0.3, -0.25) is 4.79 Å². The highest BCUT2D eigenvalue weighted by molar-refractivity contribution is 6.31. The third kappa shape index (κ3) is 2.82.